The number of nitrogens with one attached hydrogen (secondary N) is 1. The molecule has 0 aromatic carbocycles. The Morgan fingerprint density at radius 3 is 2.52 bits per heavy atom. The summed E-state index contributed by atoms with van der Waals surface area (Å²) in [6, 6.07) is 0. The van der Waals surface area contributed by atoms with Crippen LogP contribution in [0.15, 0.2) is 0 Å². The van der Waals surface area contributed by atoms with Crippen LogP contribution in [0, 0.1) is 34.5 Å². The molecule has 0 aromatic heterocycles. The lowest BCUT2D eigenvalue weighted by Crippen LogP contribution is -2.45. The zero-order chi connectivity index (χ0) is 15.7. The zero-order valence-corrected chi connectivity index (χ0v) is 15.5. The van der Waals surface area contributed by atoms with Crippen molar-refractivity contribution in [2.24, 2.45) is 34.5 Å². The first-order chi connectivity index (χ1) is 9.86. The topological polar surface area (TPSA) is 12.0 Å². The van der Waals surface area contributed by atoms with Crippen LogP contribution in [-0.2, 0) is 0 Å². The molecule has 2 saturated carbocycles. The van der Waals surface area contributed by atoms with E-state index < -0.39 is 0 Å². The molecule has 0 radical (unpaired) electrons. The summed E-state index contributed by atoms with van der Waals surface area (Å²) in [6.45, 7) is 13.8. The second-order valence-corrected chi connectivity index (χ2v) is 9.02. The summed E-state index contributed by atoms with van der Waals surface area (Å²) < 4.78 is 0. The Labute approximate surface area is 133 Å². The van der Waals surface area contributed by atoms with Crippen LogP contribution in [0.25, 0.3) is 0 Å². The van der Waals surface area contributed by atoms with Crippen LogP contribution in [-0.4, -0.2) is 13.6 Å². The largest absolute Gasteiger partial charge is 0.320 e. The molecule has 0 heterocycles. The highest BCUT2D eigenvalue weighted by Crippen LogP contribution is 2.62. The number of fused-ring (bicyclic) bond motifs is 1. The van der Waals surface area contributed by atoms with Crippen molar-refractivity contribution in [3.05, 3.63) is 0 Å². The maximum absolute atomic E-state index is 3.37. The molecule has 2 aliphatic rings. The smallest absolute Gasteiger partial charge is 0.00491 e. The van der Waals surface area contributed by atoms with Crippen LogP contribution in [0.4, 0.5) is 0 Å². The van der Waals surface area contributed by atoms with Crippen molar-refractivity contribution in [1.29, 1.82) is 0 Å². The van der Waals surface area contributed by atoms with Crippen LogP contribution in [0.5, 0.6) is 0 Å². The molecule has 5 unspecified atom stereocenters. The molecule has 2 rings (SSSR count). The van der Waals surface area contributed by atoms with Crippen LogP contribution < -0.4 is 5.32 Å². The van der Waals surface area contributed by atoms with Gasteiger partial charge in [0.1, 0.15) is 0 Å². The van der Waals surface area contributed by atoms with Crippen LogP contribution >= 0.6 is 0 Å². The van der Waals surface area contributed by atoms with E-state index in [0.29, 0.717) is 10.8 Å². The van der Waals surface area contributed by atoms with Gasteiger partial charge >= 0.3 is 0 Å². The average Bonchev–Trinajstić information content (AvgIpc) is 2.74. The molecule has 2 fully saturated rings. The van der Waals surface area contributed by atoms with E-state index in [1.165, 1.54) is 51.5 Å². The molecule has 0 aliphatic heterocycles. The third-order valence-electron chi connectivity index (χ3n) is 7.51. The van der Waals surface area contributed by atoms with Crippen molar-refractivity contribution >= 4 is 0 Å². The SMILES string of the molecule is CCCC(C)(C)C1CCC2(C)C(CCNC)CCC2C1C. The molecular formula is C20H39N. The van der Waals surface area contributed by atoms with Crippen LogP contribution in [0.2, 0.25) is 0 Å². The Morgan fingerprint density at radius 2 is 1.90 bits per heavy atom. The lowest BCUT2D eigenvalue weighted by Gasteiger charge is -2.52. The molecule has 0 aromatic rings. The van der Waals surface area contributed by atoms with Gasteiger partial charge in [0.05, 0.1) is 0 Å². The van der Waals surface area contributed by atoms with Gasteiger partial charge in [-0.15, -0.1) is 0 Å². The molecule has 0 bridgehead atoms. The molecule has 5 atom stereocenters. The molecule has 1 heteroatoms. The molecule has 2 aliphatic carbocycles. The third-order valence-corrected chi connectivity index (χ3v) is 7.51. The summed E-state index contributed by atoms with van der Waals surface area (Å²) in [4.78, 5) is 0. The minimum Gasteiger partial charge on any atom is -0.320 e. The van der Waals surface area contributed by atoms with E-state index >= 15 is 0 Å². The van der Waals surface area contributed by atoms with Crippen LogP contribution in [0.3, 0.4) is 0 Å². The van der Waals surface area contributed by atoms with Gasteiger partial charge < -0.3 is 5.32 Å². The first-order valence-corrected chi connectivity index (χ1v) is 9.51. The highest BCUT2D eigenvalue weighted by molar-refractivity contribution is 5.03. The summed E-state index contributed by atoms with van der Waals surface area (Å²) in [5.74, 6) is 3.81. The van der Waals surface area contributed by atoms with E-state index in [1.807, 2.05) is 0 Å². The van der Waals surface area contributed by atoms with Crippen LogP contribution in [0.1, 0.15) is 79.6 Å². The summed E-state index contributed by atoms with van der Waals surface area (Å²) in [5.41, 5.74) is 1.17. The minimum absolute atomic E-state index is 0.540. The molecule has 0 saturated heterocycles. The normalized spacial score (nSPS) is 40.3. The maximum Gasteiger partial charge on any atom is -0.00491 e. The monoisotopic (exact) mass is 293 g/mol. The van der Waals surface area contributed by atoms with Gasteiger partial charge in [-0.2, -0.15) is 0 Å². The van der Waals surface area contributed by atoms with Gasteiger partial charge in [0.2, 0.25) is 0 Å². The van der Waals surface area contributed by atoms with E-state index in [-0.39, 0.29) is 0 Å². The van der Waals surface area contributed by atoms with Crippen molar-refractivity contribution in [2.75, 3.05) is 13.6 Å². The highest BCUT2D eigenvalue weighted by atomic mass is 14.8. The first kappa shape index (κ1) is 17.3. The van der Waals surface area contributed by atoms with E-state index in [2.05, 4.69) is 47.0 Å². The first-order valence-electron chi connectivity index (χ1n) is 9.51. The zero-order valence-electron chi connectivity index (χ0n) is 15.5. The van der Waals surface area contributed by atoms with E-state index in [1.54, 1.807) is 0 Å². The van der Waals surface area contributed by atoms with Crippen molar-refractivity contribution in [2.45, 2.75) is 79.6 Å². The molecule has 124 valence electrons. The Morgan fingerprint density at radius 1 is 1.19 bits per heavy atom. The fourth-order valence-corrected chi connectivity index (χ4v) is 6.33. The second-order valence-electron chi connectivity index (χ2n) is 9.02. The quantitative estimate of drug-likeness (QED) is 0.681. The standard InChI is InChI=1S/C20H39N/c1-7-12-19(3,4)17-10-13-20(5)16(11-14-21-6)8-9-18(20)15(17)2/h15-18,21H,7-14H2,1-6H3. The summed E-state index contributed by atoms with van der Waals surface area (Å²) >= 11 is 0. The predicted octanol–water partition coefficient (Wildman–Crippen LogP) is 5.50. The van der Waals surface area contributed by atoms with Crippen molar-refractivity contribution in [3.8, 4) is 0 Å². The summed E-state index contributed by atoms with van der Waals surface area (Å²) in [6.07, 6.45) is 10.0. The number of hydrogen-bond donors (Lipinski definition) is 1. The van der Waals surface area contributed by atoms with Gasteiger partial charge in [-0.3, -0.25) is 0 Å². The summed E-state index contributed by atoms with van der Waals surface area (Å²) in [5, 5.41) is 3.37. The predicted molar refractivity (Wildman–Crippen MR) is 93.4 cm³/mol. The van der Waals surface area contributed by atoms with Gasteiger partial charge in [-0.1, -0.05) is 41.0 Å². The maximum atomic E-state index is 3.37. The Hall–Kier alpha value is -0.0400. The van der Waals surface area contributed by atoms with Gasteiger partial charge in [0.25, 0.3) is 0 Å². The lowest BCUT2D eigenvalue weighted by molar-refractivity contribution is -0.0295. The second kappa shape index (κ2) is 6.60. The Bertz CT molecular complexity index is 335. The van der Waals surface area contributed by atoms with Gasteiger partial charge in [-0.25, -0.2) is 0 Å². The van der Waals surface area contributed by atoms with E-state index in [9.17, 15) is 0 Å². The van der Waals surface area contributed by atoms with Crippen molar-refractivity contribution in [3.63, 3.8) is 0 Å². The molecule has 0 amide bonds. The lowest BCUT2D eigenvalue weighted by atomic mass is 9.53. The fourth-order valence-electron chi connectivity index (χ4n) is 6.33. The number of rotatable bonds is 6. The molecule has 21 heavy (non-hydrogen) atoms. The van der Waals surface area contributed by atoms with E-state index in [4.69, 9.17) is 0 Å². The third kappa shape index (κ3) is 3.19. The minimum atomic E-state index is 0.540. The van der Waals surface area contributed by atoms with E-state index in [0.717, 1.165) is 23.7 Å². The molecule has 1 N–H and O–H groups in total. The average molecular weight is 294 g/mol. The number of hydrogen-bond acceptors (Lipinski definition) is 1. The van der Waals surface area contributed by atoms with Gasteiger partial charge in [-0.05, 0) is 86.6 Å². The molecular weight excluding hydrogens is 254 g/mol. The van der Waals surface area contributed by atoms with Crippen molar-refractivity contribution in [1.82, 2.24) is 5.32 Å². The van der Waals surface area contributed by atoms with Gasteiger partial charge in [0.15, 0.2) is 0 Å². The summed E-state index contributed by atoms with van der Waals surface area (Å²) in [7, 11) is 2.10. The van der Waals surface area contributed by atoms with Gasteiger partial charge in [0, 0.05) is 0 Å². The molecule has 1 nitrogen and oxygen atoms in total. The van der Waals surface area contributed by atoms with Crippen molar-refractivity contribution < 1.29 is 0 Å². The highest BCUT2D eigenvalue weighted by Gasteiger charge is 2.53. The fraction of sp³-hybridized carbons (Fsp3) is 1.00. The Balaban J connectivity index is 2.09. The molecule has 0 spiro atoms. The Kier molecular flexibility index (Phi) is 5.45.